The van der Waals surface area contributed by atoms with E-state index >= 15 is 0 Å². The largest absolute Gasteiger partial charge is 0.470 e. The van der Waals surface area contributed by atoms with Crippen LogP contribution in [0.1, 0.15) is 13.2 Å². The van der Waals surface area contributed by atoms with Crippen LogP contribution in [-0.2, 0) is 51.0 Å². The lowest BCUT2D eigenvalue weighted by Gasteiger charge is -2.44. The maximum absolute atomic E-state index is 12.0. The van der Waals surface area contributed by atoms with Crippen molar-refractivity contribution in [3.05, 3.63) is 12.7 Å². The van der Waals surface area contributed by atoms with Crippen molar-refractivity contribution in [2.24, 2.45) is 0 Å². The fourth-order valence-corrected chi connectivity index (χ4v) is 6.31. The molecule has 2 saturated heterocycles. The van der Waals surface area contributed by atoms with Gasteiger partial charge in [-0.3, -0.25) is 22.9 Å². The van der Waals surface area contributed by atoms with Crippen LogP contribution in [0.25, 0.3) is 11.2 Å². The molecule has 0 aromatic carbocycles. The summed E-state index contributed by atoms with van der Waals surface area (Å²) in [7, 11) is -16.5. The molecule has 27 heteroatoms. The number of anilines is 1. The number of fused-ring (bicyclic) bond motifs is 1. The second-order valence-electron chi connectivity index (χ2n) is 9.45. The number of phosphoric ester groups is 3. The number of esters is 1. The fraction of sp³-hybridized carbons (Fsp3) is 0.667. The minimum Gasteiger partial charge on any atom is -0.463 e. The molecule has 2 fully saturated rings. The van der Waals surface area contributed by atoms with E-state index in [0.29, 0.717) is 0 Å². The van der Waals surface area contributed by atoms with Crippen LogP contribution in [0.4, 0.5) is 5.82 Å². The zero-order valence-corrected chi connectivity index (χ0v) is 25.2. The van der Waals surface area contributed by atoms with Crippen LogP contribution in [0.5, 0.6) is 0 Å². The first-order valence-electron chi connectivity index (χ1n) is 12.3. The number of aliphatic hydroxyl groups excluding tert-OH is 2. The number of aromatic nitrogens is 4. The average Bonchev–Trinajstić information content (AvgIpc) is 3.46. The Balaban J connectivity index is 1.73. The number of hydrogen-bond acceptors (Lipinski definition) is 17. The van der Waals surface area contributed by atoms with E-state index in [1.54, 1.807) is 0 Å². The molecule has 0 bridgehead atoms. The maximum Gasteiger partial charge on any atom is 0.470 e. The monoisotopic (exact) mass is 711 g/mol. The molecule has 4 heterocycles. The van der Waals surface area contributed by atoms with Gasteiger partial charge < -0.3 is 64.3 Å². The molecule has 9 atom stereocenters. The number of nitrogen functional groups attached to an aromatic ring is 1. The highest BCUT2D eigenvalue weighted by molar-refractivity contribution is 7.46. The SMILES string of the molecule is CC(=O)OC[C@@H]1O[C@H](O[C@H]2[C@@H](OP(=O)(O)O)[C@@H](n3cnc4c(N)ncnc43)O[C@H]2CO)[C@@H](O)[C@@H](OP(=O)(O)O)[C@@H]1OP(=O)(O)O. The van der Waals surface area contributed by atoms with E-state index in [2.05, 4.69) is 24.0 Å². The number of aliphatic hydroxyl groups is 2. The molecule has 0 unspecified atom stereocenters. The van der Waals surface area contributed by atoms with E-state index in [1.807, 2.05) is 0 Å². The lowest BCUT2D eigenvalue weighted by atomic mass is 9.99. The van der Waals surface area contributed by atoms with Crippen LogP contribution in [-0.4, -0.2) is 127 Å². The second-order valence-corrected chi connectivity index (χ2v) is 13.0. The summed E-state index contributed by atoms with van der Waals surface area (Å²) in [6, 6.07) is 0. The molecule has 0 amide bonds. The number of nitrogens with zero attached hydrogens (tertiary/aromatic N) is 4. The van der Waals surface area contributed by atoms with Gasteiger partial charge in [0.05, 0.1) is 12.9 Å². The third-order valence-corrected chi connectivity index (χ3v) is 7.81. The van der Waals surface area contributed by atoms with E-state index in [0.717, 1.165) is 24.1 Å². The number of carbonyl (C=O) groups excluding carboxylic acids is 1. The van der Waals surface area contributed by atoms with Crippen molar-refractivity contribution in [3.63, 3.8) is 0 Å². The highest BCUT2D eigenvalue weighted by atomic mass is 31.2. The van der Waals surface area contributed by atoms with Crippen LogP contribution < -0.4 is 5.73 Å². The van der Waals surface area contributed by atoms with Crippen molar-refractivity contribution < 1.29 is 90.6 Å². The molecule has 2 aromatic rings. The highest BCUT2D eigenvalue weighted by Crippen LogP contribution is 2.49. The third kappa shape index (κ3) is 8.86. The van der Waals surface area contributed by atoms with Gasteiger partial charge in [0.2, 0.25) is 0 Å². The summed E-state index contributed by atoms with van der Waals surface area (Å²) in [6.07, 6.45) is -15.6. The summed E-state index contributed by atoms with van der Waals surface area (Å²) in [5.41, 5.74) is 5.84. The van der Waals surface area contributed by atoms with Crippen molar-refractivity contribution >= 4 is 46.4 Å². The number of phosphoric acid groups is 3. The average molecular weight is 711 g/mol. The molecule has 0 spiro atoms. The predicted molar refractivity (Wildman–Crippen MR) is 138 cm³/mol. The van der Waals surface area contributed by atoms with Gasteiger partial charge in [-0.1, -0.05) is 0 Å². The molecule has 2 aliphatic heterocycles. The van der Waals surface area contributed by atoms with Crippen LogP contribution in [0.2, 0.25) is 0 Å². The quantitative estimate of drug-likeness (QED) is 0.0771. The molecule has 2 aromatic heterocycles. The Morgan fingerprint density at radius 2 is 1.51 bits per heavy atom. The summed E-state index contributed by atoms with van der Waals surface area (Å²) in [4.78, 5) is 80.3. The van der Waals surface area contributed by atoms with E-state index in [-0.39, 0.29) is 17.0 Å². The Kier molecular flexibility index (Phi) is 10.8. The topological polar surface area (TPSA) is 364 Å². The molecule has 10 N–H and O–H groups in total. The van der Waals surface area contributed by atoms with E-state index in [1.165, 1.54) is 0 Å². The van der Waals surface area contributed by atoms with Crippen LogP contribution >= 0.6 is 23.5 Å². The van der Waals surface area contributed by atoms with Crippen molar-refractivity contribution in [2.75, 3.05) is 18.9 Å². The smallest absolute Gasteiger partial charge is 0.463 e. The van der Waals surface area contributed by atoms with Gasteiger partial charge in [-0.2, -0.15) is 0 Å². The Morgan fingerprint density at radius 1 is 0.911 bits per heavy atom. The minimum atomic E-state index is -5.57. The molecule has 45 heavy (non-hydrogen) atoms. The van der Waals surface area contributed by atoms with Crippen molar-refractivity contribution in [1.29, 1.82) is 0 Å². The number of carbonyl (C=O) groups is 1. The minimum absolute atomic E-state index is 0.00733. The molecule has 4 rings (SSSR count). The van der Waals surface area contributed by atoms with Gasteiger partial charge in [-0.25, -0.2) is 28.6 Å². The Labute approximate surface area is 250 Å². The van der Waals surface area contributed by atoms with Crippen molar-refractivity contribution in [2.45, 2.75) is 62.2 Å². The zero-order chi connectivity index (χ0) is 33.5. The Bertz CT molecular complexity index is 1510. The van der Waals surface area contributed by atoms with Gasteiger partial charge in [0, 0.05) is 6.92 Å². The van der Waals surface area contributed by atoms with Gasteiger partial charge >= 0.3 is 29.4 Å². The fourth-order valence-electron chi connectivity index (χ4n) is 4.63. The molecule has 0 aliphatic carbocycles. The van der Waals surface area contributed by atoms with Gasteiger partial charge in [-0.05, 0) is 0 Å². The Hall–Kier alpha value is -2.05. The lowest BCUT2D eigenvalue weighted by Crippen LogP contribution is -2.62. The molecule has 24 nitrogen and oxygen atoms in total. The number of rotatable bonds is 12. The first kappa shape index (κ1) is 35.8. The lowest BCUT2D eigenvalue weighted by molar-refractivity contribution is -0.313. The van der Waals surface area contributed by atoms with Gasteiger partial charge in [0.1, 0.15) is 61.2 Å². The molecular formula is C18H28N5O19P3. The summed E-state index contributed by atoms with van der Waals surface area (Å²) >= 11 is 0. The Morgan fingerprint density at radius 3 is 2.09 bits per heavy atom. The highest BCUT2D eigenvalue weighted by Gasteiger charge is 2.56. The van der Waals surface area contributed by atoms with E-state index < -0.39 is 97.9 Å². The van der Waals surface area contributed by atoms with Gasteiger partial charge in [0.25, 0.3) is 0 Å². The first-order chi connectivity index (χ1) is 20.8. The van der Waals surface area contributed by atoms with Crippen LogP contribution in [0.3, 0.4) is 0 Å². The van der Waals surface area contributed by atoms with Crippen molar-refractivity contribution in [3.8, 4) is 0 Å². The standard InChI is InChI=1S/C18H28N5O19P3/c1-6(25)36-3-8-12(40-43(27,28)29)13(41-44(30,31)32)10(26)18(38-8)39-11-7(2-24)37-17(14(11)42-45(33,34)35)23-5-22-9-15(19)20-4-21-16(9)23/h4-5,7-8,10-14,17-18,24,26H,2-3H2,1H3,(H2,19,20,21)(H2,27,28,29)(H2,30,31,32)(H2,33,34,35)/t7-,8-,10-,11+,12+,13+,14+,17-,18+/m0/s1. The summed E-state index contributed by atoms with van der Waals surface area (Å²) < 4.78 is 72.3. The normalized spacial score (nSPS) is 31.4. The molecule has 2 aliphatic rings. The van der Waals surface area contributed by atoms with Crippen LogP contribution in [0.15, 0.2) is 12.7 Å². The summed E-state index contributed by atoms with van der Waals surface area (Å²) in [5, 5.41) is 21.1. The molecule has 0 radical (unpaired) electrons. The van der Waals surface area contributed by atoms with Gasteiger partial charge in [0.15, 0.2) is 24.0 Å². The maximum atomic E-state index is 12.0. The summed E-state index contributed by atoms with van der Waals surface area (Å²) in [6.45, 7) is -0.873. The third-order valence-electron chi connectivity index (χ3n) is 6.26. The van der Waals surface area contributed by atoms with Gasteiger partial charge in [-0.15, -0.1) is 0 Å². The number of imidazole rings is 1. The zero-order valence-electron chi connectivity index (χ0n) is 22.5. The first-order valence-corrected chi connectivity index (χ1v) is 16.9. The van der Waals surface area contributed by atoms with Crippen molar-refractivity contribution in [1.82, 2.24) is 19.5 Å². The number of ether oxygens (including phenoxy) is 4. The van der Waals surface area contributed by atoms with Crippen LogP contribution in [0, 0.1) is 0 Å². The second kappa shape index (κ2) is 13.6. The molecule has 0 saturated carbocycles. The molecular weight excluding hydrogens is 683 g/mol. The van der Waals surface area contributed by atoms with E-state index in [9.17, 15) is 58.1 Å². The predicted octanol–water partition coefficient (Wildman–Crippen LogP) is -3.23. The summed E-state index contributed by atoms with van der Waals surface area (Å²) in [5.74, 6) is -1.01. The van der Waals surface area contributed by atoms with E-state index in [4.69, 9.17) is 29.2 Å². The number of nitrogens with two attached hydrogens (primary N) is 1. The molecule has 254 valence electrons. The number of hydrogen-bond donors (Lipinski definition) is 9.